The number of fused-ring (bicyclic) bond motifs is 1. The summed E-state index contributed by atoms with van der Waals surface area (Å²) in [5, 5.41) is 2.05. The fourth-order valence-corrected chi connectivity index (χ4v) is 4.16. The molecule has 2 aromatic rings. The molecular formula is C19H18F3NO3S. The minimum Gasteiger partial charge on any atom is -0.451 e. The second-order valence-corrected chi connectivity index (χ2v) is 7.56. The van der Waals surface area contributed by atoms with Crippen molar-refractivity contribution in [3.05, 3.63) is 51.0 Å². The van der Waals surface area contributed by atoms with Gasteiger partial charge in [0.2, 0.25) is 0 Å². The van der Waals surface area contributed by atoms with Gasteiger partial charge < -0.3 is 10.1 Å². The number of nitrogens with one attached hydrogen (secondary N) is 1. The molecule has 144 valence electrons. The summed E-state index contributed by atoms with van der Waals surface area (Å²) in [5.74, 6) is -5.41. The van der Waals surface area contributed by atoms with E-state index in [4.69, 9.17) is 4.74 Å². The van der Waals surface area contributed by atoms with Crippen LogP contribution in [0.15, 0.2) is 18.2 Å². The molecule has 0 saturated carbocycles. The van der Waals surface area contributed by atoms with Crippen molar-refractivity contribution >= 4 is 28.9 Å². The van der Waals surface area contributed by atoms with Gasteiger partial charge in [-0.15, -0.1) is 11.3 Å². The van der Waals surface area contributed by atoms with Crippen molar-refractivity contribution < 1.29 is 27.5 Å². The van der Waals surface area contributed by atoms with Crippen molar-refractivity contribution in [1.29, 1.82) is 0 Å². The summed E-state index contributed by atoms with van der Waals surface area (Å²) in [6.07, 6.45) is 4.06. The molecule has 3 rings (SSSR count). The number of rotatable bonds is 5. The number of aryl methyl sites for hydroxylation is 1. The Labute approximate surface area is 158 Å². The van der Waals surface area contributed by atoms with Crippen molar-refractivity contribution in [1.82, 2.24) is 0 Å². The van der Waals surface area contributed by atoms with Gasteiger partial charge in [0.05, 0.1) is 5.69 Å². The molecule has 0 unspecified atom stereocenters. The third-order valence-electron chi connectivity index (χ3n) is 4.61. The highest BCUT2D eigenvalue weighted by Gasteiger charge is 2.23. The van der Waals surface area contributed by atoms with Gasteiger partial charge in [-0.3, -0.25) is 4.79 Å². The van der Waals surface area contributed by atoms with Gasteiger partial charge in [0, 0.05) is 4.88 Å². The molecule has 0 aliphatic heterocycles. The van der Waals surface area contributed by atoms with Crippen LogP contribution >= 0.6 is 11.3 Å². The van der Waals surface area contributed by atoms with Gasteiger partial charge in [0.25, 0.3) is 5.91 Å². The Kier molecular flexibility index (Phi) is 5.84. The first-order valence-corrected chi connectivity index (χ1v) is 9.42. The van der Waals surface area contributed by atoms with Gasteiger partial charge in [0.15, 0.2) is 24.1 Å². The van der Waals surface area contributed by atoms with Crippen LogP contribution < -0.4 is 5.32 Å². The van der Waals surface area contributed by atoms with E-state index in [1.54, 1.807) is 6.07 Å². The zero-order valence-corrected chi connectivity index (χ0v) is 15.4. The fraction of sp³-hybridized carbons (Fsp3) is 0.368. The normalized spacial score (nSPS) is 15.9. The Morgan fingerprint density at radius 3 is 2.78 bits per heavy atom. The van der Waals surface area contributed by atoms with E-state index >= 15 is 0 Å². The number of thiophene rings is 1. The number of carbonyl (C=O) groups excluding carboxylic acids is 2. The molecule has 1 heterocycles. The Hall–Kier alpha value is -2.35. The summed E-state index contributed by atoms with van der Waals surface area (Å²) in [7, 11) is 0. The van der Waals surface area contributed by atoms with E-state index < -0.39 is 41.6 Å². The average molecular weight is 397 g/mol. The van der Waals surface area contributed by atoms with Gasteiger partial charge in [-0.05, 0) is 48.9 Å². The van der Waals surface area contributed by atoms with E-state index in [-0.39, 0.29) is 0 Å². The number of halogens is 3. The number of ether oxygens (including phenoxy) is 1. The number of esters is 1. The number of hydrogen-bond donors (Lipinski definition) is 1. The van der Waals surface area contributed by atoms with E-state index in [0.29, 0.717) is 16.9 Å². The molecule has 27 heavy (non-hydrogen) atoms. The first kappa shape index (κ1) is 19.4. The number of anilines is 1. The standard InChI is InChI=1S/C19H18F3NO3S/c1-2-10-3-6-14-11(7-10)8-15(27-14)19(25)26-9-16(24)23-13-5-4-12(20)17(21)18(13)22/h4-5,8,10H,2-3,6-7,9H2,1H3,(H,23,24)/t10-/m0/s1. The number of hydrogen-bond acceptors (Lipinski definition) is 4. The van der Waals surface area contributed by atoms with Gasteiger partial charge in [-0.2, -0.15) is 0 Å². The molecule has 1 N–H and O–H groups in total. The predicted octanol–water partition coefficient (Wildman–Crippen LogP) is 4.48. The van der Waals surface area contributed by atoms with Crippen molar-refractivity contribution in [2.45, 2.75) is 32.6 Å². The molecular weight excluding hydrogens is 379 g/mol. The van der Waals surface area contributed by atoms with Crippen LogP contribution in [0.4, 0.5) is 18.9 Å². The predicted molar refractivity (Wildman–Crippen MR) is 95.4 cm³/mol. The third-order valence-corrected chi connectivity index (χ3v) is 5.82. The molecule has 1 aromatic heterocycles. The molecule has 4 nitrogen and oxygen atoms in total. The molecule has 0 fully saturated rings. The summed E-state index contributed by atoms with van der Waals surface area (Å²) in [5.41, 5.74) is 0.630. The van der Waals surface area contributed by atoms with E-state index in [0.717, 1.165) is 37.3 Å². The van der Waals surface area contributed by atoms with E-state index in [1.165, 1.54) is 16.2 Å². The van der Waals surface area contributed by atoms with E-state index in [9.17, 15) is 22.8 Å². The van der Waals surface area contributed by atoms with Crippen LogP contribution in [0.5, 0.6) is 0 Å². The quantitative estimate of drug-likeness (QED) is 0.598. The van der Waals surface area contributed by atoms with E-state index in [2.05, 4.69) is 12.2 Å². The van der Waals surface area contributed by atoms with Crippen molar-refractivity contribution in [3.8, 4) is 0 Å². The molecule has 1 atom stereocenters. The van der Waals surface area contributed by atoms with Crippen molar-refractivity contribution in [3.63, 3.8) is 0 Å². The van der Waals surface area contributed by atoms with Gasteiger partial charge >= 0.3 is 5.97 Å². The number of benzene rings is 1. The summed E-state index contributed by atoms with van der Waals surface area (Å²) in [4.78, 5) is 25.6. The lowest BCUT2D eigenvalue weighted by atomic mass is 9.87. The smallest absolute Gasteiger partial charge is 0.348 e. The maximum atomic E-state index is 13.5. The summed E-state index contributed by atoms with van der Waals surface area (Å²) < 4.78 is 44.5. The van der Waals surface area contributed by atoms with Gasteiger partial charge in [-0.25, -0.2) is 18.0 Å². The summed E-state index contributed by atoms with van der Waals surface area (Å²) in [6.45, 7) is 1.49. The lowest BCUT2D eigenvalue weighted by Crippen LogP contribution is -2.21. The van der Waals surface area contributed by atoms with Crippen LogP contribution in [-0.4, -0.2) is 18.5 Å². The van der Waals surface area contributed by atoms with Crippen LogP contribution in [0.2, 0.25) is 0 Å². The van der Waals surface area contributed by atoms with Gasteiger partial charge in [0.1, 0.15) is 4.88 Å². The zero-order chi connectivity index (χ0) is 19.6. The highest BCUT2D eigenvalue weighted by molar-refractivity contribution is 7.14. The first-order chi connectivity index (χ1) is 12.9. The summed E-state index contributed by atoms with van der Waals surface area (Å²) >= 11 is 1.36. The second kappa shape index (κ2) is 8.12. The SMILES string of the molecule is CC[C@H]1CCc2sc(C(=O)OCC(=O)Nc3ccc(F)c(F)c3F)cc2C1. The number of amides is 1. The molecule has 1 aliphatic rings. The average Bonchev–Trinajstić information content (AvgIpc) is 3.09. The monoisotopic (exact) mass is 397 g/mol. The Balaban J connectivity index is 1.57. The Bertz CT molecular complexity index is 881. The Morgan fingerprint density at radius 1 is 1.26 bits per heavy atom. The molecule has 0 radical (unpaired) electrons. The minimum absolute atomic E-state index is 0.420. The number of carbonyl (C=O) groups is 2. The third kappa shape index (κ3) is 4.32. The molecule has 0 saturated heterocycles. The summed E-state index contributed by atoms with van der Waals surface area (Å²) in [6, 6.07) is 3.39. The van der Waals surface area contributed by atoms with Crippen LogP contribution in [-0.2, 0) is 22.4 Å². The zero-order valence-electron chi connectivity index (χ0n) is 14.6. The van der Waals surface area contributed by atoms with Crippen LogP contribution in [0.25, 0.3) is 0 Å². The molecule has 8 heteroatoms. The minimum atomic E-state index is -1.68. The van der Waals surface area contributed by atoms with E-state index in [1.807, 2.05) is 0 Å². The Morgan fingerprint density at radius 2 is 2.04 bits per heavy atom. The maximum Gasteiger partial charge on any atom is 0.348 e. The lowest BCUT2D eigenvalue weighted by Gasteiger charge is -2.19. The largest absolute Gasteiger partial charge is 0.451 e. The van der Waals surface area contributed by atoms with Crippen molar-refractivity contribution in [2.75, 3.05) is 11.9 Å². The van der Waals surface area contributed by atoms with Gasteiger partial charge in [-0.1, -0.05) is 13.3 Å². The van der Waals surface area contributed by atoms with Crippen LogP contribution in [0.1, 0.15) is 39.9 Å². The second-order valence-electron chi connectivity index (χ2n) is 6.42. The van der Waals surface area contributed by atoms with Crippen LogP contribution in [0.3, 0.4) is 0 Å². The topological polar surface area (TPSA) is 55.4 Å². The molecule has 1 aromatic carbocycles. The molecule has 0 bridgehead atoms. The fourth-order valence-electron chi connectivity index (χ4n) is 3.06. The van der Waals surface area contributed by atoms with Crippen LogP contribution in [0, 0.1) is 23.4 Å². The highest BCUT2D eigenvalue weighted by Crippen LogP contribution is 2.33. The lowest BCUT2D eigenvalue weighted by molar-refractivity contribution is -0.119. The van der Waals surface area contributed by atoms with Crippen molar-refractivity contribution in [2.24, 2.45) is 5.92 Å². The first-order valence-electron chi connectivity index (χ1n) is 8.61. The maximum absolute atomic E-state index is 13.5. The molecule has 0 spiro atoms. The molecule has 1 amide bonds. The highest BCUT2D eigenvalue weighted by atomic mass is 32.1. The molecule has 1 aliphatic carbocycles.